The number of aromatic nitrogens is 3. The Morgan fingerprint density at radius 3 is 2.67 bits per heavy atom. The Labute approximate surface area is 130 Å². The van der Waals surface area contributed by atoms with Crippen LogP contribution < -0.4 is 11.2 Å². The molecule has 0 spiro atoms. The van der Waals surface area contributed by atoms with E-state index in [4.69, 9.17) is 5.84 Å². The van der Waals surface area contributed by atoms with Crippen molar-refractivity contribution in [3.63, 3.8) is 0 Å². The molecule has 0 bridgehead atoms. The van der Waals surface area contributed by atoms with E-state index in [0.717, 1.165) is 38.3 Å². The number of hydrogen-bond donors (Lipinski definition) is 2. The number of amides is 1. The highest BCUT2D eigenvalue weighted by atomic mass is 32.2. The van der Waals surface area contributed by atoms with Crippen LogP contribution in [0.3, 0.4) is 0 Å². The second-order valence-corrected chi connectivity index (χ2v) is 5.63. The summed E-state index contributed by atoms with van der Waals surface area (Å²) < 4.78 is 1.47. The Morgan fingerprint density at radius 1 is 1.33 bits per heavy atom. The van der Waals surface area contributed by atoms with Crippen molar-refractivity contribution >= 4 is 17.7 Å². The summed E-state index contributed by atoms with van der Waals surface area (Å²) in [6, 6.07) is 0. The lowest BCUT2D eigenvalue weighted by molar-refractivity contribution is -0.118. The van der Waals surface area contributed by atoms with E-state index < -0.39 is 0 Å². The molecular formula is C13H26N6OS. The highest BCUT2D eigenvalue weighted by Crippen LogP contribution is 2.14. The Hall–Kier alpha value is -1.28. The van der Waals surface area contributed by atoms with Crippen LogP contribution in [0.15, 0.2) is 5.16 Å². The van der Waals surface area contributed by atoms with Gasteiger partial charge in [-0.05, 0) is 19.5 Å². The minimum atomic E-state index is -0.00722. The van der Waals surface area contributed by atoms with E-state index >= 15 is 0 Å². The molecule has 0 fully saturated rings. The van der Waals surface area contributed by atoms with Gasteiger partial charge in [-0.2, -0.15) is 0 Å². The lowest BCUT2D eigenvalue weighted by atomic mass is 10.3. The molecular weight excluding hydrogens is 288 g/mol. The molecule has 120 valence electrons. The van der Waals surface area contributed by atoms with Crippen LogP contribution in [0.4, 0.5) is 0 Å². The van der Waals surface area contributed by atoms with E-state index in [2.05, 4.69) is 41.2 Å². The molecule has 0 radical (unpaired) electrons. The molecule has 1 amide bonds. The number of thioether (sulfide) groups is 1. The van der Waals surface area contributed by atoms with E-state index in [1.54, 1.807) is 0 Å². The molecule has 0 aliphatic rings. The molecule has 1 heterocycles. The SMILES string of the molecule is CCCc1nnc(SCC(=O)NCCN(CC)CC)n1N. The maximum atomic E-state index is 11.8. The molecule has 7 nitrogen and oxygen atoms in total. The van der Waals surface area contributed by atoms with Gasteiger partial charge in [0.05, 0.1) is 5.75 Å². The Morgan fingerprint density at radius 2 is 2.05 bits per heavy atom. The number of likely N-dealkylation sites (N-methyl/N-ethyl adjacent to an activating group) is 1. The molecule has 1 aromatic rings. The topological polar surface area (TPSA) is 89.1 Å². The molecule has 8 heteroatoms. The highest BCUT2D eigenvalue weighted by Gasteiger charge is 2.11. The first-order valence-electron chi connectivity index (χ1n) is 7.43. The number of rotatable bonds is 10. The van der Waals surface area contributed by atoms with Gasteiger partial charge in [-0.15, -0.1) is 10.2 Å². The second-order valence-electron chi connectivity index (χ2n) is 4.68. The van der Waals surface area contributed by atoms with Gasteiger partial charge >= 0.3 is 0 Å². The van der Waals surface area contributed by atoms with Crippen molar-refractivity contribution in [2.24, 2.45) is 0 Å². The van der Waals surface area contributed by atoms with E-state index in [-0.39, 0.29) is 5.91 Å². The maximum Gasteiger partial charge on any atom is 0.230 e. The maximum absolute atomic E-state index is 11.8. The third kappa shape index (κ3) is 5.92. The van der Waals surface area contributed by atoms with Crippen molar-refractivity contribution in [1.29, 1.82) is 0 Å². The van der Waals surface area contributed by atoms with Crippen molar-refractivity contribution in [2.45, 2.75) is 38.8 Å². The van der Waals surface area contributed by atoms with Gasteiger partial charge in [0, 0.05) is 19.5 Å². The quantitative estimate of drug-likeness (QED) is 0.483. The first kappa shape index (κ1) is 17.8. The predicted octanol–water partition coefficient (Wildman–Crippen LogP) is 0.495. The third-order valence-electron chi connectivity index (χ3n) is 3.19. The number of carbonyl (C=O) groups excluding carboxylic acids is 1. The number of nitrogens with one attached hydrogen (secondary N) is 1. The van der Waals surface area contributed by atoms with Gasteiger partial charge in [0.25, 0.3) is 0 Å². The number of hydrogen-bond acceptors (Lipinski definition) is 6. The van der Waals surface area contributed by atoms with Crippen LogP contribution in [-0.4, -0.2) is 57.6 Å². The van der Waals surface area contributed by atoms with E-state index in [9.17, 15) is 4.79 Å². The molecule has 0 saturated carbocycles. The zero-order chi connectivity index (χ0) is 15.7. The van der Waals surface area contributed by atoms with Crippen molar-refractivity contribution in [3.05, 3.63) is 5.82 Å². The van der Waals surface area contributed by atoms with Crippen LogP contribution >= 0.6 is 11.8 Å². The fourth-order valence-corrected chi connectivity index (χ4v) is 2.58. The normalized spacial score (nSPS) is 11.0. The van der Waals surface area contributed by atoms with Gasteiger partial charge in [-0.1, -0.05) is 32.5 Å². The van der Waals surface area contributed by atoms with Gasteiger partial charge < -0.3 is 16.1 Å². The van der Waals surface area contributed by atoms with Crippen molar-refractivity contribution in [1.82, 2.24) is 25.1 Å². The third-order valence-corrected chi connectivity index (χ3v) is 4.13. The first-order valence-corrected chi connectivity index (χ1v) is 8.42. The Bertz CT molecular complexity index is 432. The molecule has 1 rings (SSSR count). The Kier molecular flexibility index (Phi) is 8.14. The van der Waals surface area contributed by atoms with Crippen molar-refractivity contribution in [3.8, 4) is 0 Å². The molecule has 0 saturated heterocycles. The summed E-state index contributed by atoms with van der Waals surface area (Å²) in [6.07, 6.45) is 1.76. The molecule has 0 aromatic carbocycles. The lowest BCUT2D eigenvalue weighted by Gasteiger charge is -2.17. The summed E-state index contributed by atoms with van der Waals surface area (Å²) >= 11 is 1.31. The zero-order valence-corrected chi connectivity index (χ0v) is 13.9. The van der Waals surface area contributed by atoms with Gasteiger partial charge in [0.1, 0.15) is 0 Å². The lowest BCUT2D eigenvalue weighted by Crippen LogP contribution is -2.35. The average molecular weight is 314 g/mol. The largest absolute Gasteiger partial charge is 0.354 e. The standard InChI is InChI=1S/C13H26N6OS/c1-4-7-11-16-17-13(19(11)14)21-10-12(20)15-8-9-18(5-2)6-3/h4-10,14H2,1-3H3,(H,15,20). The number of nitrogen functional groups attached to an aromatic ring is 1. The summed E-state index contributed by atoms with van der Waals surface area (Å²) in [5.74, 6) is 6.93. The average Bonchev–Trinajstić information content (AvgIpc) is 2.83. The Balaban J connectivity index is 2.30. The summed E-state index contributed by atoms with van der Waals surface area (Å²) in [5, 5.41) is 11.5. The zero-order valence-electron chi connectivity index (χ0n) is 13.1. The minimum absolute atomic E-state index is 0.00722. The first-order chi connectivity index (χ1) is 10.1. The second kappa shape index (κ2) is 9.62. The van der Waals surface area contributed by atoms with Crippen LogP contribution in [0, 0.1) is 0 Å². The molecule has 1 aromatic heterocycles. The van der Waals surface area contributed by atoms with E-state index in [0.29, 0.717) is 17.5 Å². The fourth-order valence-electron chi connectivity index (χ4n) is 1.87. The van der Waals surface area contributed by atoms with Crippen LogP contribution in [0.25, 0.3) is 0 Å². The van der Waals surface area contributed by atoms with Gasteiger partial charge in [0.15, 0.2) is 5.82 Å². The number of carbonyl (C=O) groups is 1. The molecule has 0 atom stereocenters. The van der Waals surface area contributed by atoms with Crippen molar-refractivity contribution < 1.29 is 4.79 Å². The summed E-state index contributed by atoms with van der Waals surface area (Å²) in [5.41, 5.74) is 0. The van der Waals surface area contributed by atoms with E-state index in [1.807, 2.05) is 0 Å². The number of aryl methyl sites for hydroxylation is 1. The molecule has 21 heavy (non-hydrogen) atoms. The summed E-state index contributed by atoms with van der Waals surface area (Å²) in [7, 11) is 0. The van der Waals surface area contributed by atoms with Crippen molar-refractivity contribution in [2.75, 3.05) is 37.8 Å². The van der Waals surface area contributed by atoms with Gasteiger partial charge in [-0.25, -0.2) is 4.68 Å². The summed E-state index contributed by atoms with van der Waals surface area (Å²) in [6.45, 7) is 9.82. The number of nitrogens with zero attached hydrogens (tertiary/aromatic N) is 4. The minimum Gasteiger partial charge on any atom is -0.354 e. The molecule has 0 aliphatic heterocycles. The number of nitrogens with two attached hydrogens (primary N) is 1. The predicted molar refractivity (Wildman–Crippen MR) is 85.7 cm³/mol. The highest BCUT2D eigenvalue weighted by molar-refractivity contribution is 7.99. The van der Waals surface area contributed by atoms with E-state index in [1.165, 1.54) is 16.4 Å². The van der Waals surface area contributed by atoms with Gasteiger partial charge in [-0.3, -0.25) is 4.79 Å². The van der Waals surface area contributed by atoms with Crippen LogP contribution in [0.2, 0.25) is 0 Å². The van der Waals surface area contributed by atoms with Crippen LogP contribution in [0.5, 0.6) is 0 Å². The van der Waals surface area contributed by atoms with Crippen LogP contribution in [0.1, 0.15) is 33.0 Å². The molecule has 0 aliphatic carbocycles. The fraction of sp³-hybridized carbons (Fsp3) is 0.769. The monoisotopic (exact) mass is 314 g/mol. The molecule has 3 N–H and O–H groups in total. The summed E-state index contributed by atoms with van der Waals surface area (Å²) in [4.78, 5) is 14.0. The smallest absolute Gasteiger partial charge is 0.230 e. The van der Waals surface area contributed by atoms with Gasteiger partial charge in [0.2, 0.25) is 11.1 Å². The van der Waals surface area contributed by atoms with Crippen LogP contribution in [-0.2, 0) is 11.2 Å². The molecule has 0 unspecified atom stereocenters.